The average molecular weight is 238 g/mol. The van der Waals surface area contributed by atoms with Crippen molar-refractivity contribution >= 4 is 0 Å². The molecule has 92 valence electrons. The van der Waals surface area contributed by atoms with Crippen molar-refractivity contribution in [2.24, 2.45) is 0 Å². The second kappa shape index (κ2) is 5.32. The first-order valence-electron chi connectivity index (χ1n) is 6.59. The highest BCUT2D eigenvalue weighted by Gasteiger charge is 2.28. The first kappa shape index (κ1) is 11.4. The number of aromatic nitrogens is 1. The molecule has 1 aliphatic rings. The summed E-state index contributed by atoms with van der Waals surface area (Å²) in [4.78, 5) is 6.65. The standard InChI is InChI=1S/C16H18N2/c1-2-4-14(5-3-1)12-18(16-6-7-16)13-15-8-10-17-11-9-15/h1-5,8-11,16H,6-7,12-13H2. The molecule has 0 saturated heterocycles. The molecule has 1 heterocycles. The fourth-order valence-electron chi connectivity index (χ4n) is 2.29. The molecule has 0 radical (unpaired) electrons. The average Bonchev–Trinajstić information content (AvgIpc) is 3.25. The van der Waals surface area contributed by atoms with Gasteiger partial charge in [0.05, 0.1) is 0 Å². The van der Waals surface area contributed by atoms with Crippen LogP contribution < -0.4 is 0 Å². The minimum Gasteiger partial charge on any atom is -0.292 e. The molecule has 0 bridgehead atoms. The number of hydrogen-bond donors (Lipinski definition) is 0. The van der Waals surface area contributed by atoms with Gasteiger partial charge in [-0.25, -0.2) is 0 Å². The second-order valence-electron chi connectivity index (χ2n) is 4.98. The van der Waals surface area contributed by atoms with Gasteiger partial charge in [-0.1, -0.05) is 30.3 Å². The monoisotopic (exact) mass is 238 g/mol. The number of pyridine rings is 1. The summed E-state index contributed by atoms with van der Waals surface area (Å²) in [6, 6.07) is 15.7. The van der Waals surface area contributed by atoms with Crippen molar-refractivity contribution in [3.05, 3.63) is 66.0 Å². The Kier molecular flexibility index (Phi) is 3.37. The summed E-state index contributed by atoms with van der Waals surface area (Å²) in [5.41, 5.74) is 2.76. The molecule has 1 fully saturated rings. The van der Waals surface area contributed by atoms with Gasteiger partial charge in [-0.15, -0.1) is 0 Å². The third-order valence-corrected chi connectivity index (χ3v) is 3.43. The molecule has 0 atom stereocenters. The van der Waals surface area contributed by atoms with E-state index in [1.807, 2.05) is 12.4 Å². The van der Waals surface area contributed by atoms with Crippen LogP contribution in [0.4, 0.5) is 0 Å². The van der Waals surface area contributed by atoms with Crippen molar-refractivity contribution in [2.75, 3.05) is 0 Å². The molecule has 0 spiro atoms. The first-order chi connectivity index (χ1) is 8.92. The Balaban J connectivity index is 1.69. The minimum absolute atomic E-state index is 0.776. The molecule has 1 aromatic carbocycles. The molecule has 0 N–H and O–H groups in total. The largest absolute Gasteiger partial charge is 0.292 e. The first-order valence-corrected chi connectivity index (χ1v) is 6.59. The molecule has 1 saturated carbocycles. The lowest BCUT2D eigenvalue weighted by atomic mass is 10.2. The summed E-state index contributed by atoms with van der Waals surface area (Å²) >= 11 is 0. The van der Waals surface area contributed by atoms with Crippen LogP contribution >= 0.6 is 0 Å². The van der Waals surface area contributed by atoms with E-state index in [4.69, 9.17) is 0 Å². The van der Waals surface area contributed by atoms with Crippen molar-refractivity contribution in [1.29, 1.82) is 0 Å². The Morgan fingerprint density at radius 2 is 1.50 bits per heavy atom. The van der Waals surface area contributed by atoms with E-state index in [1.54, 1.807) is 0 Å². The van der Waals surface area contributed by atoms with Gasteiger partial charge < -0.3 is 0 Å². The fourth-order valence-corrected chi connectivity index (χ4v) is 2.29. The van der Waals surface area contributed by atoms with Crippen LogP contribution in [0.25, 0.3) is 0 Å². The predicted molar refractivity (Wildman–Crippen MR) is 72.9 cm³/mol. The van der Waals surface area contributed by atoms with E-state index in [-0.39, 0.29) is 0 Å². The van der Waals surface area contributed by atoms with Crippen LogP contribution in [0.1, 0.15) is 24.0 Å². The van der Waals surface area contributed by atoms with Gasteiger partial charge in [-0.3, -0.25) is 9.88 Å². The zero-order chi connectivity index (χ0) is 12.2. The van der Waals surface area contributed by atoms with Crippen molar-refractivity contribution < 1.29 is 0 Å². The molecular formula is C16H18N2. The Labute approximate surface area is 108 Å². The summed E-state index contributed by atoms with van der Waals surface area (Å²) in [6.45, 7) is 2.08. The summed E-state index contributed by atoms with van der Waals surface area (Å²) in [6.07, 6.45) is 6.45. The molecule has 2 heteroatoms. The van der Waals surface area contributed by atoms with E-state index < -0.39 is 0 Å². The zero-order valence-electron chi connectivity index (χ0n) is 10.5. The third kappa shape index (κ3) is 2.96. The van der Waals surface area contributed by atoms with E-state index in [0.29, 0.717) is 0 Å². The van der Waals surface area contributed by atoms with Gasteiger partial charge in [0.1, 0.15) is 0 Å². The topological polar surface area (TPSA) is 16.1 Å². The second-order valence-corrected chi connectivity index (χ2v) is 4.98. The normalized spacial score (nSPS) is 14.9. The lowest BCUT2D eigenvalue weighted by Crippen LogP contribution is -2.25. The summed E-state index contributed by atoms with van der Waals surface area (Å²) < 4.78 is 0. The summed E-state index contributed by atoms with van der Waals surface area (Å²) in [7, 11) is 0. The van der Waals surface area contributed by atoms with Crippen LogP contribution in [-0.2, 0) is 13.1 Å². The maximum absolute atomic E-state index is 4.08. The van der Waals surface area contributed by atoms with Crippen LogP contribution in [-0.4, -0.2) is 15.9 Å². The van der Waals surface area contributed by atoms with Gasteiger partial charge in [-0.2, -0.15) is 0 Å². The highest BCUT2D eigenvalue weighted by Crippen LogP contribution is 2.29. The smallest absolute Gasteiger partial charge is 0.0271 e. The van der Waals surface area contributed by atoms with Crippen LogP contribution in [0.15, 0.2) is 54.9 Å². The van der Waals surface area contributed by atoms with Crippen LogP contribution in [0.3, 0.4) is 0 Å². The Hall–Kier alpha value is -1.67. The fraction of sp³-hybridized carbons (Fsp3) is 0.312. The zero-order valence-corrected chi connectivity index (χ0v) is 10.5. The number of nitrogens with zero attached hydrogens (tertiary/aromatic N) is 2. The maximum Gasteiger partial charge on any atom is 0.0271 e. The predicted octanol–water partition coefficient (Wildman–Crippen LogP) is 3.25. The molecule has 18 heavy (non-hydrogen) atoms. The highest BCUT2D eigenvalue weighted by molar-refractivity contribution is 5.16. The van der Waals surface area contributed by atoms with E-state index in [1.165, 1.54) is 24.0 Å². The molecule has 3 rings (SSSR count). The quantitative estimate of drug-likeness (QED) is 0.795. The Morgan fingerprint density at radius 1 is 0.889 bits per heavy atom. The molecule has 0 unspecified atom stereocenters. The van der Waals surface area contributed by atoms with Crippen LogP contribution in [0.5, 0.6) is 0 Å². The van der Waals surface area contributed by atoms with Gasteiger partial charge in [0.15, 0.2) is 0 Å². The van der Waals surface area contributed by atoms with Gasteiger partial charge in [0, 0.05) is 31.5 Å². The molecule has 1 aromatic heterocycles. The van der Waals surface area contributed by atoms with Crippen LogP contribution in [0.2, 0.25) is 0 Å². The maximum atomic E-state index is 4.08. The van der Waals surface area contributed by atoms with E-state index in [9.17, 15) is 0 Å². The molecule has 2 nitrogen and oxygen atoms in total. The van der Waals surface area contributed by atoms with Crippen molar-refractivity contribution in [2.45, 2.75) is 32.0 Å². The molecule has 0 aliphatic heterocycles. The molecule has 2 aromatic rings. The molecular weight excluding hydrogens is 220 g/mol. The lowest BCUT2D eigenvalue weighted by Gasteiger charge is -2.22. The van der Waals surface area contributed by atoms with E-state index in [0.717, 1.165) is 19.1 Å². The van der Waals surface area contributed by atoms with Crippen molar-refractivity contribution in [3.63, 3.8) is 0 Å². The van der Waals surface area contributed by atoms with Gasteiger partial charge >= 0.3 is 0 Å². The lowest BCUT2D eigenvalue weighted by molar-refractivity contribution is 0.245. The molecule has 1 aliphatic carbocycles. The Bertz CT molecular complexity index is 435. The van der Waals surface area contributed by atoms with E-state index in [2.05, 4.69) is 52.3 Å². The van der Waals surface area contributed by atoms with E-state index >= 15 is 0 Å². The van der Waals surface area contributed by atoms with Gasteiger partial charge in [-0.05, 0) is 36.1 Å². The third-order valence-electron chi connectivity index (χ3n) is 3.43. The number of benzene rings is 1. The van der Waals surface area contributed by atoms with Crippen molar-refractivity contribution in [3.8, 4) is 0 Å². The summed E-state index contributed by atoms with van der Waals surface area (Å²) in [5.74, 6) is 0. The van der Waals surface area contributed by atoms with Crippen molar-refractivity contribution in [1.82, 2.24) is 9.88 Å². The molecule has 0 amide bonds. The number of rotatable bonds is 5. The highest BCUT2D eigenvalue weighted by atomic mass is 15.2. The van der Waals surface area contributed by atoms with Gasteiger partial charge in [0.2, 0.25) is 0 Å². The van der Waals surface area contributed by atoms with Gasteiger partial charge in [0.25, 0.3) is 0 Å². The SMILES string of the molecule is c1ccc(CN(Cc2ccncc2)C2CC2)cc1. The summed E-state index contributed by atoms with van der Waals surface area (Å²) in [5, 5.41) is 0. The minimum atomic E-state index is 0.776. The number of hydrogen-bond acceptors (Lipinski definition) is 2. The van der Waals surface area contributed by atoms with Crippen LogP contribution in [0, 0.1) is 0 Å². The Morgan fingerprint density at radius 3 is 2.11 bits per heavy atom.